The summed E-state index contributed by atoms with van der Waals surface area (Å²) in [5.41, 5.74) is 0. The fraction of sp³-hybridized carbons (Fsp3) is 1.00. The number of rotatable bonds is 4. The van der Waals surface area contributed by atoms with Gasteiger partial charge in [-0.05, 0) is 0 Å². The van der Waals surface area contributed by atoms with Crippen LogP contribution in [-0.4, -0.2) is 43.6 Å². The van der Waals surface area contributed by atoms with E-state index in [4.69, 9.17) is 0 Å². The van der Waals surface area contributed by atoms with E-state index in [0.717, 1.165) is 0 Å². The number of alkyl halides is 12. The SMILES string of the molecule is O=S(=O)(C(F)(F)C(F)C(F)(F)F)C(F)(F)C(F)C(F)(F)F. The van der Waals surface area contributed by atoms with Crippen LogP contribution in [0, 0.1) is 0 Å². The molecule has 15 heteroatoms. The fourth-order valence-electron chi connectivity index (χ4n) is 0.835. The molecular weight excluding hydrogens is 364 g/mol. The first-order chi connectivity index (χ1) is 8.81. The molecule has 128 valence electrons. The van der Waals surface area contributed by atoms with Crippen molar-refractivity contribution in [2.75, 3.05) is 0 Å². The van der Waals surface area contributed by atoms with Gasteiger partial charge in [-0.3, -0.25) is 0 Å². The highest BCUT2D eigenvalue weighted by atomic mass is 32.2. The highest BCUT2D eigenvalue weighted by molar-refractivity contribution is 7.93. The second kappa shape index (κ2) is 5.08. The molecule has 0 spiro atoms. The molecule has 0 rings (SSSR count). The van der Waals surface area contributed by atoms with Gasteiger partial charge in [0, 0.05) is 0 Å². The first-order valence-electron chi connectivity index (χ1n) is 4.22. The predicted molar refractivity (Wildman–Crippen MR) is 40.7 cm³/mol. The number of halogens is 12. The molecule has 0 aromatic carbocycles. The van der Waals surface area contributed by atoms with Crippen LogP contribution in [0.25, 0.3) is 0 Å². The van der Waals surface area contributed by atoms with Gasteiger partial charge in [-0.1, -0.05) is 0 Å². The summed E-state index contributed by atoms with van der Waals surface area (Å²) >= 11 is 0. The average molecular weight is 366 g/mol. The lowest BCUT2D eigenvalue weighted by Crippen LogP contribution is -2.57. The van der Waals surface area contributed by atoms with E-state index in [2.05, 4.69) is 0 Å². The van der Waals surface area contributed by atoms with Gasteiger partial charge in [-0.2, -0.15) is 43.9 Å². The molecule has 0 amide bonds. The summed E-state index contributed by atoms with van der Waals surface area (Å²) in [7, 11) is -8.16. The maximum atomic E-state index is 12.6. The maximum absolute atomic E-state index is 12.6. The van der Waals surface area contributed by atoms with Crippen LogP contribution < -0.4 is 0 Å². The summed E-state index contributed by atoms with van der Waals surface area (Å²) in [5.74, 6) is 0. The van der Waals surface area contributed by atoms with Crippen LogP contribution in [0.3, 0.4) is 0 Å². The van der Waals surface area contributed by atoms with Crippen LogP contribution in [-0.2, 0) is 9.84 Å². The fourth-order valence-corrected chi connectivity index (χ4v) is 2.01. The Morgan fingerprint density at radius 3 is 0.905 bits per heavy atom. The minimum absolute atomic E-state index is 5.78. The molecule has 0 aliphatic carbocycles. The molecule has 2 atom stereocenters. The molecule has 0 N–H and O–H groups in total. The van der Waals surface area contributed by atoms with Crippen LogP contribution in [0.15, 0.2) is 0 Å². The summed E-state index contributed by atoms with van der Waals surface area (Å²) in [6, 6.07) is 0. The Morgan fingerprint density at radius 1 is 0.571 bits per heavy atom. The van der Waals surface area contributed by atoms with E-state index in [-0.39, 0.29) is 0 Å². The summed E-state index contributed by atoms with van der Waals surface area (Å²) in [4.78, 5) is 0. The molecule has 21 heavy (non-hydrogen) atoms. The van der Waals surface area contributed by atoms with Crippen molar-refractivity contribution in [3.8, 4) is 0 Å². The third kappa shape index (κ3) is 3.31. The lowest BCUT2D eigenvalue weighted by Gasteiger charge is -2.28. The third-order valence-electron chi connectivity index (χ3n) is 1.88. The van der Waals surface area contributed by atoms with Gasteiger partial charge in [-0.15, -0.1) is 0 Å². The molecule has 0 radical (unpaired) electrons. The molecule has 0 aromatic heterocycles. The zero-order valence-electron chi connectivity index (χ0n) is 8.92. The van der Waals surface area contributed by atoms with Gasteiger partial charge < -0.3 is 0 Å². The second-order valence-electron chi connectivity index (χ2n) is 3.44. The standard InChI is InChI=1S/C6H2F12O2S/c7-1(3(9,10)11)5(15,16)21(19,20)6(17,18)2(8)4(12,13)14/h1-2H. The van der Waals surface area contributed by atoms with Crippen molar-refractivity contribution in [1.29, 1.82) is 0 Å². The van der Waals surface area contributed by atoms with Gasteiger partial charge in [0.25, 0.3) is 22.2 Å². The van der Waals surface area contributed by atoms with Crippen molar-refractivity contribution in [3.63, 3.8) is 0 Å². The third-order valence-corrected chi connectivity index (χ3v) is 3.73. The highest BCUT2D eigenvalue weighted by Crippen LogP contribution is 2.48. The minimum atomic E-state index is -8.16. The van der Waals surface area contributed by atoms with Crippen molar-refractivity contribution < 1.29 is 61.1 Å². The molecule has 0 heterocycles. The first kappa shape index (κ1) is 20.1. The summed E-state index contributed by atoms with van der Waals surface area (Å²) in [5, 5.41) is -14.1. The van der Waals surface area contributed by atoms with Crippen molar-refractivity contribution >= 4 is 9.84 Å². The summed E-state index contributed by atoms with van der Waals surface area (Å²) in [6.45, 7) is 0. The van der Waals surface area contributed by atoms with Crippen molar-refractivity contribution in [3.05, 3.63) is 0 Å². The molecule has 0 aliphatic rings. The minimum Gasteiger partial charge on any atom is -0.229 e. The van der Waals surface area contributed by atoms with Crippen molar-refractivity contribution in [2.24, 2.45) is 0 Å². The molecule has 0 fully saturated rings. The molecule has 0 saturated carbocycles. The predicted octanol–water partition coefficient (Wildman–Crippen LogP) is 3.39. The molecule has 0 aromatic rings. The monoisotopic (exact) mass is 366 g/mol. The molecule has 2 unspecified atom stereocenters. The van der Waals surface area contributed by atoms with Gasteiger partial charge in [0.2, 0.25) is 0 Å². The normalized spacial score (nSPS) is 18.5. The van der Waals surface area contributed by atoms with Gasteiger partial charge >= 0.3 is 22.9 Å². The van der Waals surface area contributed by atoms with E-state index in [1.54, 1.807) is 0 Å². The lowest BCUT2D eigenvalue weighted by atomic mass is 10.4. The van der Waals surface area contributed by atoms with Crippen molar-refractivity contribution in [2.45, 2.75) is 35.2 Å². The maximum Gasteiger partial charge on any atom is 0.426 e. The van der Waals surface area contributed by atoms with E-state index in [0.29, 0.717) is 0 Å². The van der Waals surface area contributed by atoms with Crippen LogP contribution in [0.2, 0.25) is 0 Å². The molecule has 2 nitrogen and oxygen atoms in total. The van der Waals surface area contributed by atoms with Gasteiger partial charge in [0.15, 0.2) is 0 Å². The van der Waals surface area contributed by atoms with E-state index >= 15 is 0 Å². The summed E-state index contributed by atoms with van der Waals surface area (Å²) in [6.07, 6.45) is -24.9. The Labute approximate surface area is 107 Å². The number of hydrogen-bond donors (Lipinski definition) is 0. The second-order valence-corrected chi connectivity index (χ2v) is 5.53. The Bertz CT molecular complexity index is 435. The Kier molecular flexibility index (Phi) is 4.87. The van der Waals surface area contributed by atoms with Gasteiger partial charge in [0.1, 0.15) is 0 Å². The molecule has 0 saturated heterocycles. The molecule has 0 aliphatic heterocycles. The topological polar surface area (TPSA) is 34.1 Å². The number of hydrogen-bond acceptors (Lipinski definition) is 2. The Morgan fingerprint density at radius 2 is 0.762 bits per heavy atom. The van der Waals surface area contributed by atoms with E-state index in [1.807, 2.05) is 0 Å². The average Bonchev–Trinajstić information content (AvgIpc) is 2.23. The van der Waals surface area contributed by atoms with E-state index < -0.39 is 45.0 Å². The Balaban J connectivity index is 5.99. The lowest BCUT2D eigenvalue weighted by molar-refractivity contribution is -0.232. The Hall–Kier alpha value is -0.890. The smallest absolute Gasteiger partial charge is 0.229 e. The first-order valence-corrected chi connectivity index (χ1v) is 5.71. The molecular formula is C6H2F12O2S. The highest BCUT2D eigenvalue weighted by Gasteiger charge is 2.76. The van der Waals surface area contributed by atoms with Crippen LogP contribution in [0.4, 0.5) is 52.7 Å². The zero-order valence-corrected chi connectivity index (χ0v) is 9.73. The van der Waals surface area contributed by atoms with Gasteiger partial charge in [0.05, 0.1) is 0 Å². The van der Waals surface area contributed by atoms with Crippen LogP contribution >= 0.6 is 0 Å². The number of sulfone groups is 1. The van der Waals surface area contributed by atoms with E-state index in [9.17, 15) is 61.1 Å². The van der Waals surface area contributed by atoms with Crippen molar-refractivity contribution in [1.82, 2.24) is 0 Å². The van der Waals surface area contributed by atoms with Crippen LogP contribution in [0.1, 0.15) is 0 Å². The van der Waals surface area contributed by atoms with Gasteiger partial charge in [-0.25, -0.2) is 17.2 Å². The molecule has 0 bridgehead atoms. The quantitative estimate of drug-likeness (QED) is 0.715. The van der Waals surface area contributed by atoms with Crippen LogP contribution in [0.5, 0.6) is 0 Å². The largest absolute Gasteiger partial charge is 0.426 e. The van der Waals surface area contributed by atoms with E-state index in [1.165, 1.54) is 0 Å². The zero-order chi connectivity index (χ0) is 17.7. The summed E-state index contributed by atoms with van der Waals surface area (Å²) < 4.78 is 166.